The highest BCUT2D eigenvalue weighted by atomic mass is 16.2. The van der Waals surface area contributed by atoms with Crippen LogP contribution in [0.1, 0.15) is 37.8 Å². The second-order valence-corrected chi connectivity index (χ2v) is 8.38. The molecule has 0 radical (unpaired) electrons. The van der Waals surface area contributed by atoms with Crippen molar-refractivity contribution in [3.63, 3.8) is 0 Å². The molecule has 0 saturated heterocycles. The average molecular weight is 446 g/mol. The van der Waals surface area contributed by atoms with Gasteiger partial charge in [0.2, 0.25) is 0 Å². The van der Waals surface area contributed by atoms with Gasteiger partial charge in [-0.25, -0.2) is 4.98 Å². The number of likely N-dealkylation sites (N-methyl/N-ethyl adjacent to an activating group) is 1. The highest BCUT2D eigenvalue weighted by Crippen LogP contribution is 2.24. The number of nitrogens with one attached hydrogen (secondary N) is 3. The standard InChI is InChI=1S/C24H27N7O2/c1-14-15(2)29-30-22(14)21(32)10-16-9-18-12-19(28-23(18)27-13-16)17-5-6-25-20(11-17)24(33)26-7-8-31(3)4/h5-6,9,11-13H,7-8,10H2,1-4H3,(H,26,33)(H,27,28)(H,29,30). The summed E-state index contributed by atoms with van der Waals surface area (Å²) in [6.45, 7) is 5.08. The Morgan fingerprint density at radius 1 is 1.12 bits per heavy atom. The Bertz CT molecular complexity index is 1320. The molecule has 9 heteroatoms. The number of carbonyl (C=O) groups excluding carboxylic acids is 2. The molecule has 0 aliphatic carbocycles. The summed E-state index contributed by atoms with van der Waals surface area (Å²) in [6, 6.07) is 7.51. The van der Waals surface area contributed by atoms with Crippen molar-refractivity contribution in [1.82, 2.24) is 35.4 Å². The third-order valence-electron chi connectivity index (χ3n) is 5.56. The molecule has 0 saturated carbocycles. The summed E-state index contributed by atoms with van der Waals surface area (Å²) in [5, 5.41) is 10.7. The summed E-state index contributed by atoms with van der Waals surface area (Å²) in [7, 11) is 3.91. The zero-order valence-corrected chi connectivity index (χ0v) is 19.2. The van der Waals surface area contributed by atoms with Crippen LogP contribution in [-0.4, -0.2) is 68.9 Å². The Balaban J connectivity index is 1.52. The molecule has 0 bridgehead atoms. The molecule has 9 nitrogen and oxygen atoms in total. The number of carbonyl (C=O) groups is 2. The lowest BCUT2D eigenvalue weighted by Gasteiger charge is -2.10. The Morgan fingerprint density at radius 2 is 1.94 bits per heavy atom. The first-order valence-corrected chi connectivity index (χ1v) is 10.7. The first-order chi connectivity index (χ1) is 15.8. The largest absolute Gasteiger partial charge is 0.349 e. The number of nitrogens with zero attached hydrogens (tertiary/aromatic N) is 4. The number of aromatic amines is 2. The molecule has 3 N–H and O–H groups in total. The monoisotopic (exact) mass is 445 g/mol. The van der Waals surface area contributed by atoms with Gasteiger partial charge in [-0.3, -0.25) is 19.7 Å². The molecule has 0 aliphatic heterocycles. The van der Waals surface area contributed by atoms with Crippen LogP contribution in [0.3, 0.4) is 0 Å². The second kappa shape index (κ2) is 9.33. The van der Waals surface area contributed by atoms with Gasteiger partial charge < -0.3 is 15.2 Å². The van der Waals surface area contributed by atoms with Crippen molar-refractivity contribution < 1.29 is 9.59 Å². The van der Waals surface area contributed by atoms with Crippen LogP contribution in [0.2, 0.25) is 0 Å². The lowest BCUT2D eigenvalue weighted by atomic mass is 10.0. The van der Waals surface area contributed by atoms with E-state index in [1.54, 1.807) is 18.5 Å². The summed E-state index contributed by atoms with van der Waals surface area (Å²) in [4.78, 5) is 39.0. The number of H-pyrrole nitrogens is 2. The first kappa shape index (κ1) is 22.3. The quantitative estimate of drug-likeness (QED) is 0.359. The number of aromatic nitrogens is 5. The molecule has 0 aliphatic rings. The maximum Gasteiger partial charge on any atom is 0.269 e. The van der Waals surface area contributed by atoms with Crippen molar-refractivity contribution in [3.05, 3.63) is 64.9 Å². The molecular formula is C24H27N7O2. The normalized spacial score (nSPS) is 11.3. The number of hydrogen-bond acceptors (Lipinski definition) is 6. The Kier molecular flexibility index (Phi) is 6.32. The number of pyridine rings is 2. The Labute approximate surface area is 191 Å². The molecule has 170 valence electrons. The van der Waals surface area contributed by atoms with Crippen LogP contribution in [0, 0.1) is 13.8 Å². The SMILES string of the molecule is Cc1[nH]nc(C(=O)Cc2cnc3[nH]c(-c4ccnc(C(=O)NCCN(C)C)c4)cc3c2)c1C. The van der Waals surface area contributed by atoms with Crippen LogP contribution >= 0.6 is 0 Å². The van der Waals surface area contributed by atoms with Crippen molar-refractivity contribution in [1.29, 1.82) is 0 Å². The van der Waals surface area contributed by atoms with E-state index in [1.807, 2.05) is 51.0 Å². The van der Waals surface area contributed by atoms with Gasteiger partial charge in [-0.2, -0.15) is 5.10 Å². The second-order valence-electron chi connectivity index (χ2n) is 8.38. The first-order valence-electron chi connectivity index (χ1n) is 10.7. The van der Waals surface area contributed by atoms with E-state index >= 15 is 0 Å². The molecule has 4 aromatic rings. The molecule has 4 aromatic heterocycles. The molecular weight excluding hydrogens is 418 g/mol. The van der Waals surface area contributed by atoms with Crippen molar-refractivity contribution in [3.8, 4) is 11.3 Å². The van der Waals surface area contributed by atoms with Crippen LogP contribution in [0.25, 0.3) is 22.3 Å². The minimum absolute atomic E-state index is 0.0483. The van der Waals surface area contributed by atoms with Crippen LogP contribution in [0.5, 0.6) is 0 Å². The van der Waals surface area contributed by atoms with Crippen LogP contribution in [0.15, 0.2) is 36.7 Å². The fourth-order valence-corrected chi connectivity index (χ4v) is 3.54. The van der Waals surface area contributed by atoms with Gasteiger partial charge in [0.05, 0.1) is 0 Å². The van der Waals surface area contributed by atoms with E-state index in [1.165, 1.54) is 0 Å². The van der Waals surface area contributed by atoms with E-state index in [0.717, 1.165) is 40.0 Å². The van der Waals surface area contributed by atoms with E-state index < -0.39 is 0 Å². The van der Waals surface area contributed by atoms with E-state index in [9.17, 15) is 9.59 Å². The number of ketones is 1. The van der Waals surface area contributed by atoms with Gasteiger partial charge in [-0.05, 0) is 57.8 Å². The Hall–Kier alpha value is -3.85. The summed E-state index contributed by atoms with van der Waals surface area (Å²) in [6.07, 6.45) is 3.54. The maximum atomic E-state index is 12.7. The fourth-order valence-electron chi connectivity index (χ4n) is 3.54. The van der Waals surface area contributed by atoms with Gasteiger partial charge in [0, 0.05) is 59.8 Å². The van der Waals surface area contributed by atoms with Crippen LogP contribution in [-0.2, 0) is 6.42 Å². The van der Waals surface area contributed by atoms with Crippen LogP contribution < -0.4 is 5.32 Å². The van der Waals surface area contributed by atoms with E-state index in [2.05, 4.69) is 30.5 Å². The maximum absolute atomic E-state index is 12.7. The highest BCUT2D eigenvalue weighted by Gasteiger charge is 2.16. The summed E-state index contributed by atoms with van der Waals surface area (Å²) < 4.78 is 0. The number of Topliss-reactive ketones (excluding diaryl/α,β-unsaturated/α-hetero) is 1. The molecule has 0 aromatic carbocycles. The molecule has 0 fully saturated rings. The third kappa shape index (κ3) is 4.98. The number of fused-ring (bicyclic) bond motifs is 1. The van der Waals surface area contributed by atoms with E-state index in [-0.39, 0.29) is 18.1 Å². The Morgan fingerprint density at radius 3 is 2.67 bits per heavy atom. The van der Waals surface area contributed by atoms with E-state index in [0.29, 0.717) is 23.6 Å². The number of hydrogen-bond donors (Lipinski definition) is 3. The minimum atomic E-state index is -0.211. The van der Waals surface area contributed by atoms with Gasteiger partial charge in [0.1, 0.15) is 17.0 Å². The highest BCUT2D eigenvalue weighted by molar-refractivity contribution is 5.97. The summed E-state index contributed by atoms with van der Waals surface area (Å²) in [5.41, 5.74) is 5.77. The minimum Gasteiger partial charge on any atom is -0.349 e. The lowest BCUT2D eigenvalue weighted by Crippen LogP contribution is -2.31. The number of amides is 1. The lowest BCUT2D eigenvalue weighted by molar-refractivity contribution is 0.0944. The molecule has 0 atom stereocenters. The van der Waals surface area contributed by atoms with Crippen molar-refractivity contribution in [2.24, 2.45) is 0 Å². The van der Waals surface area contributed by atoms with Crippen LogP contribution in [0.4, 0.5) is 0 Å². The van der Waals surface area contributed by atoms with Gasteiger partial charge >= 0.3 is 0 Å². The fraction of sp³-hybridized carbons (Fsp3) is 0.292. The molecule has 33 heavy (non-hydrogen) atoms. The van der Waals surface area contributed by atoms with Gasteiger partial charge in [-0.1, -0.05) is 0 Å². The van der Waals surface area contributed by atoms with Crippen molar-refractivity contribution in [2.75, 3.05) is 27.2 Å². The van der Waals surface area contributed by atoms with E-state index in [4.69, 9.17) is 0 Å². The number of aryl methyl sites for hydroxylation is 1. The number of rotatable bonds is 8. The molecule has 4 heterocycles. The van der Waals surface area contributed by atoms with Gasteiger partial charge in [-0.15, -0.1) is 0 Å². The third-order valence-corrected chi connectivity index (χ3v) is 5.56. The topological polar surface area (TPSA) is 120 Å². The molecule has 1 amide bonds. The summed E-state index contributed by atoms with van der Waals surface area (Å²) >= 11 is 0. The summed E-state index contributed by atoms with van der Waals surface area (Å²) in [5.74, 6) is -0.259. The molecule has 4 rings (SSSR count). The molecule has 0 unspecified atom stereocenters. The molecule has 0 spiro atoms. The average Bonchev–Trinajstić information content (AvgIpc) is 3.36. The van der Waals surface area contributed by atoms with Crippen molar-refractivity contribution >= 4 is 22.7 Å². The predicted molar refractivity (Wildman–Crippen MR) is 126 cm³/mol. The zero-order valence-electron chi connectivity index (χ0n) is 19.2. The van der Waals surface area contributed by atoms with Crippen molar-refractivity contribution in [2.45, 2.75) is 20.3 Å². The van der Waals surface area contributed by atoms with Gasteiger partial charge in [0.25, 0.3) is 5.91 Å². The van der Waals surface area contributed by atoms with Gasteiger partial charge in [0.15, 0.2) is 5.78 Å². The zero-order chi connectivity index (χ0) is 23.5. The smallest absolute Gasteiger partial charge is 0.269 e. The predicted octanol–water partition coefficient (Wildman–Crippen LogP) is 2.68.